The van der Waals surface area contributed by atoms with Crippen LogP contribution < -0.4 is 4.74 Å². The van der Waals surface area contributed by atoms with E-state index in [-0.39, 0.29) is 0 Å². The molecule has 0 heterocycles. The number of hydrogen-bond donors (Lipinski definition) is 0. The van der Waals surface area contributed by atoms with E-state index >= 15 is 0 Å². The Labute approximate surface area is 141 Å². The van der Waals surface area contributed by atoms with Crippen molar-refractivity contribution >= 4 is 33.7 Å². The molecule has 0 N–H and O–H groups in total. The number of benzene rings is 4. The second-order valence-electron chi connectivity index (χ2n) is 5.91. The van der Waals surface area contributed by atoms with Crippen LogP contribution in [0.2, 0.25) is 0 Å². The average molecular weight is 310 g/mol. The minimum absolute atomic E-state index is 0.891. The fourth-order valence-electron chi connectivity index (χ4n) is 2.98. The van der Waals surface area contributed by atoms with Crippen LogP contribution in [0.1, 0.15) is 11.1 Å². The molecule has 0 radical (unpaired) electrons. The number of fused-ring (bicyclic) bond motifs is 2. The van der Waals surface area contributed by atoms with Crippen molar-refractivity contribution < 1.29 is 4.74 Å². The molecule has 0 amide bonds. The Morgan fingerprint density at radius 3 is 1.83 bits per heavy atom. The Balaban J connectivity index is 1.65. The zero-order valence-electron chi connectivity index (χ0n) is 13.6. The molecule has 0 saturated heterocycles. The standard InChI is InChI=1S/C23H18O/c1-24-23-13-12-21-15-18(9-11-22(21)16-23)7-6-17-8-10-19-4-2-3-5-20(19)14-17/h2-16H,1H3/b7-6+. The lowest BCUT2D eigenvalue weighted by atomic mass is 10.0. The van der Waals surface area contributed by atoms with Crippen LogP contribution >= 0.6 is 0 Å². The Morgan fingerprint density at radius 1 is 0.583 bits per heavy atom. The van der Waals surface area contributed by atoms with Crippen molar-refractivity contribution in [2.75, 3.05) is 7.11 Å². The van der Waals surface area contributed by atoms with E-state index in [1.807, 2.05) is 6.07 Å². The monoisotopic (exact) mass is 310 g/mol. The van der Waals surface area contributed by atoms with E-state index in [4.69, 9.17) is 4.74 Å². The molecule has 4 rings (SSSR count). The first kappa shape index (κ1) is 14.5. The Bertz CT molecular complexity index is 1040. The van der Waals surface area contributed by atoms with Gasteiger partial charge in [-0.15, -0.1) is 0 Å². The Morgan fingerprint density at radius 2 is 1.12 bits per heavy atom. The lowest BCUT2D eigenvalue weighted by Crippen LogP contribution is -1.82. The van der Waals surface area contributed by atoms with Crippen LogP contribution in [-0.4, -0.2) is 7.11 Å². The molecule has 0 unspecified atom stereocenters. The highest BCUT2D eigenvalue weighted by atomic mass is 16.5. The van der Waals surface area contributed by atoms with Gasteiger partial charge in [0.05, 0.1) is 7.11 Å². The quantitative estimate of drug-likeness (QED) is 0.411. The maximum Gasteiger partial charge on any atom is 0.119 e. The first-order chi connectivity index (χ1) is 11.8. The van der Waals surface area contributed by atoms with Gasteiger partial charge in [-0.05, 0) is 56.9 Å². The van der Waals surface area contributed by atoms with Gasteiger partial charge in [-0.2, -0.15) is 0 Å². The topological polar surface area (TPSA) is 9.23 Å². The van der Waals surface area contributed by atoms with Gasteiger partial charge >= 0.3 is 0 Å². The summed E-state index contributed by atoms with van der Waals surface area (Å²) in [4.78, 5) is 0. The highest BCUT2D eigenvalue weighted by Gasteiger charge is 1.98. The lowest BCUT2D eigenvalue weighted by Gasteiger charge is -2.04. The largest absolute Gasteiger partial charge is 0.497 e. The van der Waals surface area contributed by atoms with Gasteiger partial charge in [0.2, 0.25) is 0 Å². The van der Waals surface area contributed by atoms with Crippen molar-refractivity contribution in [1.29, 1.82) is 0 Å². The van der Waals surface area contributed by atoms with Crippen LogP contribution in [0, 0.1) is 0 Å². The Kier molecular flexibility index (Phi) is 3.76. The van der Waals surface area contributed by atoms with Gasteiger partial charge in [-0.3, -0.25) is 0 Å². The molecule has 0 spiro atoms. The first-order valence-electron chi connectivity index (χ1n) is 8.06. The number of ether oxygens (including phenoxy) is 1. The van der Waals surface area contributed by atoms with Crippen molar-refractivity contribution in [3.63, 3.8) is 0 Å². The third-order valence-electron chi connectivity index (χ3n) is 4.31. The van der Waals surface area contributed by atoms with Crippen LogP contribution in [0.15, 0.2) is 78.9 Å². The molecule has 0 saturated carbocycles. The van der Waals surface area contributed by atoms with Gasteiger partial charge in [-0.25, -0.2) is 0 Å². The third kappa shape index (κ3) is 2.89. The lowest BCUT2D eigenvalue weighted by molar-refractivity contribution is 0.415. The molecule has 0 aliphatic heterocycles. The van der Waals surface area contributed by atoms with Gasteiger partial charge in [0.15, 0.2) is 0 Å². The maximum atomic E-state index is 5.28. The summed E-state index contributed by atoms with van der Waals surface area (Å²) in [5.41, 5.74) is 2.41. The molecule has 0 bridgehead atoms. The molecule has 1 heteroatoms. The molecular formula is C23H18O. The van der Waals surface area contributed by atoms with Crippen LogP contribution in [0.25, 0.3) is 33.7 Å². The van der Waals surface area contributed by atoms with E-state index < -0.39 is 0 Å². The van der Waals surface area contributed by atoms with E-state index in [1.165, 1.54) is 32.7 Å². The summed E-state index contributed by atoms with van der Waals surface area (Å²) in [5.74, 6) is 0.891. The van der Waals surface area contributed by atoms with E-state index in [1.54, 1.807) is 7.11 Å². The smallest absolute Gasteiger partial charge is 0.119 e. The number of hydrogen-bond acceptors (Lipinski definition) is 1. The molecule has 0 aromatic heterocycles. The molecule has 0 fully saturated rings. The van der Waals surface area contributed by atoms with Gasteiger partial charge < -0.3 is 4.74 Å². The van der Waals surface area contributed by atoms with Gasteiger partial charge in [-0.1, -0.05) is 66.7 Å². The van der Waals surface area contributed by atoms with E-state index in [0.29, 0.717) is 0 Å². The van der Waals surface area contributed by atoms with Crippen molar-refractivity contribution in [3.8, 4) is 5.75 Å². The van der Waals surface area contributed by atoms with Crippen LogP contribution in [-0.2, 0) is 0 Å². The average Bonchev–Trinajstić information content (AvgIpc) is 2.65. The molecule has 4 aromatic rings. The SMILES string of the molecule is COc1ccc2cc(/C=C/c3ccc4ccccc4c3)ccc2c1. The highest BCUT2D eigenvalue weighted by Crippen LogP contribution is 2.23. The summed E-state index contributed by atoms with van der Waals surface area (Å²) in [6, 6.07) is 27.6. The molecular weight excluding hydrogens is 292 g/mol. The zero-order valence-corrected chi connectivity index (χ0v) is 13.6. The minimum atomic E-state index is 0.891. The van der Waals surface area contributed by atoms with Crippen LogP contribution in [0.5, 0.6) is 5.75 Å². The first-order valence-corrected chi connectivity index (χ1v) is 8.06. The molecule has 0 aliphatic rings. The zero-order chi connectivity index (χ0) is 16.4. The maximum absolute atomic E-state index is 5.28. The second kappa shape index (κ2) is 6.21. The van der Waals surface area contributed by atoms with E-state index in [2.05, 4.69) is 84.9 Å². The molecule has 4 aromatic carbocycles. The highest BCUT2D eigenvalue weighted by molar-refractivity contribution is 5.88. The predicted octanol–water partition coefficient (Wildman–Crippen LogP) is 6.17. The molecule has 24 heavy (non-hydrogen) atoms. The molecule has 1 nitrogen and oxygen atoms in total. The number of rotatable bonds is 3. The van der Waals surface area contributed by atoms with Gasteiger partial charge in [0, 0.05) is 0 Å². The molecule has 116 valence electrons. The van der Waals surface area contributed by atoms with Gasteiger partial charge in [0.25, 0.3) is 0 Å². The van der Waals surface area contributed by atoms with E-state index in [0.717, 1.165) is 5.75 Å². The molecule has 0 atom stereocenters. The summed E-state index contributed by atoms with van der Waals surface area (Å²) < 4.78 is 5.28. The van der Waals surface area contributed by atoms with Crippen molar-refractivity contribution in [1.82, 2.24) is 0 Å². The number of methoxy groups -OCH3 is 1. The van der Waals surface area contributed by atoms with Crippen LogP contribution in [0.3, 0.4) is 0 Å². The summed E-state index contributed by atoms with van der Waals surface area (Å²) in [7, 11) is 1.70. The van der Waals surface area contributed by atoms with E-state index in [9.17, 15) is 0 Å². The van der Waals surface area contributed by atoms with Crippen molar-refractivity contribution in [2.45, 2.75) is 0 Å². The van der Waals surface area contributed by atoms with Crippen LogP contribution in [0.4, 0.5) is 0 Å². The van der Waals surface area contributed by atoms with Crippen molar-refractivity contribution in [3.05, 3.63) is 90.0 Å². The third-order valence-corrected chi connectivity index (χ3v) is 4.31. The van der Waals surface area contributed by atoms with Crippen molar-refractivity contribution in [2.24, 2.45) is 0 Å². The fraction of sp³-hybridized carbons (Fsp3) is 0.0435. The summed E-state index contributed by atoms with van der Waals surface area (Å²) in [6.07, 6.45) is 4.32. The summed E-state index contributed by atoms with van der Waals surface area (Å²) in [5, 5.41) is 4.95. The minimum Gasteiger partial charge on any atom is -0.497 e. The van der Waals surface area contributed by atoms with Gasteiger partial charge in [0.1, 0.15) is 5.75 Å². The second-order valence-corrected chi connectivity index (χ2v) is 5.91. The summed E-state index contributed by atoms with van der Waals surface area (Å²) in [6.45, 7) is 0. The Hall–Kier alpha value is -3.06. The summed E-state index contributed by atoms with van der Waals surface area (Å²) >= 11 is 0. The normalized spacial score (nSPS) is 11.4. The molecule has 0 aliphatic carbocycles. The predicted molar refractivity (Wildman–Crippen MR) is 103 cm³/mol. The fourth-order valence-corrected chi connectivity index (χ4v) is 2.98.